The number of benzene rings is 2. The quantitative estimate of drug-likeness (QED) is 0.423. The van der Waals surface area contributed by atoms with Crippen molar-refractivity contribution in [1.82, 2.24) is 24.8 Å². The Labute approximate surface area is 201 Å². The lowest BCUT2D eigenvalue weighted by atomic mass is 10.0. The van der Waals surface area contributed by atoms with Gasteiger partial charge >= 0.3 is 0 Å². The highest BCUT2D eigenvalue weighted by molar-refractivity contribution is 7.71. The van der Waals surface area contributed by atoms with E-state index >= 15 is 0 Å². The van der Waals surface area contributed by atoms with E-state index in [9.17, 15) is 4.79 Å². The Morgan fingerprint density at radius 3 is 2.74 bits per heavy atom. The van der Waals surface area contributed by atoms with E-state index in [0.29, 0.717) is 41.1 Å². The van der Waals surface area contributed by atoms with Gasteiger partial charge in [-0.2, -0.15) is 0 Å². The van der Waals surface area contributed by atoms with Gasteiger partial charge in [0.1, 0.15) is 0 Å². The van der Waals surface area contributed by atoms with Gasteiger partial charge in [0.25, 0.3) is 10.7 Å². The van der Waals surface area contributed by atoms with Crippen molar-refractivity contribution in [1.29, 1.82) is 0 Å². The monoisotopic (exact) mass is 472 g/mol. The lowest BCUT2D eigenvalue weighted by Crippen LogP contribution is -2.59. The molecule has 2 aliphatic heterocycles. The number of hydrogen-bond acceptors (Lipinski definition) is 7. The van der Waals surface area contributed by atoms with Gasteiger partial charge < -0.3 is 19.6 Å². The molecule has 0 saturated carbocycles. The van der Waals surface area contributed by atoms with Gasteiger partial charge in [-0.3, -0.25) is 9.69 Å². The number of nitrogens with zero attached hydrogens (tertiary/aromatic N) is 4. The van der Waals surface area contributed by atoms with Crippen LogP contribution in [0.2, 0.25) is 0 Å². The third-order valence-corrected chi connectivity index (χ3v) is 6.68. The van der Waals surface area contributed by atoms with Crippen LogP contribution in [0.25, 0.3) is 11.1 Å². The van der Waals surface area contributed by atoms with E-state index in [4.69, 9.17) is 21.6 Å². The van der Waals surface area contributed by atoms with E-state index in [1.54, 1.807) is 6.07 Å². The molecule has 0 atom stereocenters. The highest BCUT2D eigenvalue weighted by Gasteiger charge is 2.38. The van der Waals surface area contributed by atoms with Crippen LogP contribution in [-0.4, -0.2) is 49.8 Å². The minimum Gasteiger partial charge on any atom is -0.429 e. The standard InChI is InChI=1S/C25H24N6O2S/c1-14-5-15(2)7-18(6-14)27-24-26-9-17-10-30(13-21(17)28-24)19-11-31(12-19)23(32)16-3-4-20-22(8-16)33-25(34)29-20/h3-9,19H,10-13H2,1-2H3,(H,29,34)(H,26,27,28). The molecule has 2 aromatic carbocycles. The van der Waals surface area contributed by atoms with Crippen LogP contribution in [0.15, 0.2) is 47.0 Å². The fourth-order valence-electron chi connectivity index (χ4n) is 4.79. The molecule has 1 amide bonds. The summed E-state index contributed by atoms with van der Waals surface area (Å²) in [6.45, 7) is 7.13. The minimum atomic E-state index is 0.0110. The smallest absolute Gasteiger partial charge is 0.266 e. The number of likely N-dealkylation sites (tertiary alicyclic amines) is 1. The van der Waals surface area contributed by atoms with Crippen LogP contribution in [0.4, 0.5) is 11.6 Å². The van der Waals surface area contributed by atoms with Crippen molar-refractivity contribution < 1.29 is 9.21 Å². The first-order chi connectivity index (χ1) is 16.4. The summed E-state index contributed by atoms with van der Waals surface area (Å²) in [5.41, 5.74) is 7.60. The molecule has 172 valence electrons. The van der Waals surface area contributed by atoms with Crippen molar-refractivity contribution in [3.05, 3.63) is 75.4 Å². The fourth-order valence-corrected chi connectivity index (χ4v) is 4.99. The van der Waals surface area contributed by atoms with Crippen LogP contribution in [-0.2, 0) is 13.1 Å². The maximum absolute atomic E-state index is 12.9. The third-order valence-electron chi connectivity index (χ3n) is 6.49. The average Bonchev–Trinajstić information content (AvgIpc) is 3.33. The number of carbonyl (C=O) groups excluding carboxylic acids is 1. The summed E-state index contributed by atoms with van der Waals surface area (Å²) in [5, 5.41) is 3.33. The van der Waals surface area contributed by atoms with Crippen molar-refractivity contribution >= 4 is 40.9 Å². The largest absolute Gasteiger partial charge is 0.429 e. The zero-order chi connectivity index (χ0) is 23.4. The average molecular weight is 473 g/mol. The third kappa shape index (κ3) is 3.86. The summed E-state index contributed by atoms with van der Waals surface area (Å²) in [7, 11) is 0. The van der Waals surface area contributed by atoms with Crippen LogP contribution in [0, 0.1) is 18.7 Å². The number of hydrogen-bond donors (Lipinski definition) is 2. The number of anilines is 2. The van der Waals surface area contributed by atoms with Crippen molar-refractivity contribution in [2.45, 2.75) is 33.0 Å². The van der Waals surface area contributed by atoms with E-state index in [2.05, 4.69) is 52.2 Å². The summed E-state index contributed by atoms with van der Waals surface area (Å²) < 4.78 is 5.45. The molecule has 1 saturated heterocycles. The first kappa shape index (κ1) is 21.0. The molecule has 4 aromatic rings. The molecule has 0 unspecified atom stereocenters. The van der Waals surface area contributed by atoms with Crippen LogP contribution < -0.4 is 5.32 Å². The van der Waals surface area contributed by atoms with Crippen LogP contribution in [0.3, 0.4) is 0 Å². The zero-order valence-corrected chi connectivity index (χ0v) is 19.8. The Morgan fingerprint density at radius 1 is 1.15 bits per heavy atom. The molecule has 0 spiro atoms. The molecule has 4 heterocycles. The predicted octanol–water partition coefficient (Wildman–Crippen LogP) is 4.48. The molecule has 34 heavy (non-hydrogen) atoms. The topological polar surface area (TPSA) is 90.3 Å². The molecule has 9 heteroatoms. The zero-order valence-electron chi connectivity index (χ0n) is 19.0. The molecule has 1 fully saturated rings. The number of carbonyl (C=O) groups is 1. The normalized spacial score (nSPS) is 16.0. The number of H-pyrrole nitrogens is 1. The summed E-state index contributed by atoms with van der Waals surface area (Å²) in [6, 6.07) is 12.0. The molecule has 0 bridgehead atoms. The van der Waals surface area contributed by atoms with Gasteiger partial charge in [0.2, 0.25) is 5.95 Å². The van der Waals surface area contributed by atoms with E-state index in [1.165, 1.54) is 11.1 Å². The number of aromatic nitrogens is 3. The summed E-state index contributed by atoms with van der Waals surface area (Å²) in [6.07, 6.45) is 1.91. The molecular weight excluding hydrogens is 448 g/mol. The van der Waals surface area contributed by atoms with Gasteiger partial charge in [-0.25, -0.2) is 9.97 Å². The van der Waals surface area contributed by atoms with Crippen LogP contribution in [0.5, 0.6) is 0 Å². The van der Waals surface area contributed by atoms with Crippen LogP contribution in [0.1, 0.15) is 32.7 Å². The number of fused-ring (bicyclic) bond motifs is 2. The molecule has 2 aromatic heterocycles. The van der Waals surface area contributed by atoms with Crippen molar-refractivity contribution in [2.24, 2.45) is 0 Å². The molecule has 0 aliphatic carbocycles. The Bertz CT molecular complexity index is 1470. The van der Waals surface area contributed by atoms with Gasteiger partial charge in [0.05, 0.1) is 11.2 Å². The van der Waals surface area contributed by atoms with Gasteiger partial charge in [0.15, 0.2) is 5.58 Å². The van der Waals surface area contributed by atoms with Gasteiger partial charge in [0, 0.05) is 55.2 Å². The number of nitrogens with one attached hydrogen (secondary N) is 2. The van der Waals surface area contributed by atoms with Crippen LogP contribution >= 0.6 is 12.2 Å². The first-order valence-electron chi connectivity index (χ1n) is 11.3. The van der Waals surface area contributed by atoms with Gasteiger partial charge in [-0.1, -0.05) is 6.07 Å². The molecule has 6 rings (SSSR count). The number of oxazole rings is 1. The van der Waals surface area contributed by atoms with Crippen molar-refractivity contribution in [2.75, 3.05) is 18.4 Å². The molecule has 2 aliphatic rings. The SMILES string of the molecule is Cc1cc(C)cc(Nc2ncc3c(n2)CN(C2CN(C(=O)c4ccc5[nH]c(=S)oc5c4)C2)C3)c1. The summed E-state index contributed by atoms with van der Waals surface area (Å²) in [4.78, 5) is 29.7. The van der Waals surface area contributed by atoms with E-state index in [1.807, 2.05) is 23.2 Å². The van der Waals surface area contributed by atoms with Gasteiger partial charge in [-0.05, 0) is 67.5 Å². The second kappa shape index (κ2) is 8.03. The van der Waals surface area contributed by atoms with E-state index < -0.39 is 0 Å². The Kier molecular flexibility index (Phi) is 4.96. The van der Waals surface area contributed by atoms with E-state index in [-0.39, 0.29) is 5.91 Å². The molecular formula is C25H24N6O2S. The second-order valence-corrected chi connectivity index (χ2v) is 9.53. The first-order valence-corrected chi connectivity index (χ1v) is 11.7. The lowest BCUT2D eigenvalue weighted by Gasteiger charge is -2.43. The predicted molar refractivity (Wildman–Crippen MR) is 132 cm³/mol. The summed E-state index contributed by atoms with van der Waals surface area (Å²) >= 11 is 5.03. The highest BCUT2D eigenvalue weighted by atomic mass is 32.1. The van der Waals surface area contributed by atoms with E-state index in [0.717, 1.165) is 35.6 Å². The highest BCUT2D eigenvalue weighted by Crippen LogP contribution is 2.29. The fraction of sp³-hybridized carbons (Fsp3) is 0.280. The Hall–Kier alpha value is -3.56. The number of rotatable bonds is 4. The maximum Gasteiger partial charge on any atom is 0.266 e. The molecule has 2 N–H and O–H groups in total. The minimum absolute atomic E-state index is 0.0110. The molecule has 0 radical (unpaired) electrons. The Morgan fingerprint density at radius 2 is 1.94 bits per heavy atom. The maximum atomic E-state index is 12.9. The van der Waals surface area contributed by atoms with Gasteiger partial charge in [-0.15, -0.1) is 0 Å². The van der Waals surface area contributed by atoms with Crippen molar-refractivity contribution in [3.8, 4) is 0 Å². The number of aromatic amines is 1. The molecule has 8 nitrogen and oxygen atoms in total. The lowest BCUT2D eigenvalue weighted by molar-refractivity contribution is 0.0249. The Balaban J connectivity index is 1.09. The number of aryl methyl sites for hydroxylation is 2. The summed E-state index contributed by atoms with van der Waals surface area (Å²) in [5.74, 6) is 0.626. The van der Waals surface area contributed by atoms with Crippen molar-refractivity contribution in [3.63, 3.8) is 0 Å². The second-order valence-electron chi connectivity index (χ2n) is 9.16. The number of amides is 1.